The second-order valence-corrected chi connectivity index (χ2v) is 11.4. The number of nitrogens with one attached hydrogen (secondary N) is 1. The number of ether oxygens (including phenoxy) is 1. The molecule has 1 amide bonds. The van der Waals surface area contributed by atoms with Crippen molar-refractivity contribution in [3.05, 3.63) is 92.9 Å². The van der Waals surface area contributed by atoms with Crippen LogP contribution in [0.3, 0.4) is 0 Å². The minimum atomic E-state index is -0.431. The van der Waals surface area contributed by atoms with E-state index in [4.69, 9.17) is 21.9 Å². The summed E-state index contributed by atoms with van der Waals surface area (Å²) < 4.78 is 22.9. The lowest BCUT2D eigenvalue weighted by Crippen LogP contribution is -2.22. The number of carbonyl (C=O) groups is 1. The van der Waals surface area contributed by atoms with Crippen molar-refractivity contribution < 1.29 is 13.9 Å². The monoisotopic (exact) mass is 593 g/mol. The van der Waals surface area contributed by atoms with E-state index in [2.05, 4.69) is 5.32 Å². The summed E-state index contributed by atoms with van der Waals surface area (Å²) in [4.78, 5) is 33.5. The topological polar surface area (TPSA) is 81.4 Å². The Bertz CT molecular complexity index is 1810. The largest absolute Gasteiger partial charge is 0.497 e. The highest BCUT2D eigenvalue weighted by Gasteiger charge is 2.20. The van der Waals surface area contributed by atoms with E-state index in [1.54, 1.807) is 17.7 Å². The number of nitrogens with zero attached hydrogens (tertiary/aromatic N) is 4. The van der Waals surface area contributed by atoms with Crippen LogP contribution in [0, 0.1) is 9.77 Å². The van der Waals surface area contributed by atoms with Crippen molar-refractivity contribution in [2.45, 2.75) is 5.16 Å². The van der Waals surface area contributed by atoms with Gasteiger partial charge in [0.2, 0.25) is 5.91 Å². The van der Waals surface area contributed by atoms with Gasteiger partial charge in [0.15, 0.2) is 14.8 Å². The van der Waals surface area contributed by atoms with Gasteiger partial charge in [0.25, 0.3) is 5.56 Å². The van der Waals surface area contributed by atoms with Crippen LogP contribution in [0.25, 0.3) is 21.7 Å². The zero-order valence-corrected chi connectivity index (χ0v) is 24.2. The van der Waals surface area contributed by atoms with Crippen LogP contribution < -0.4 is 20.5 Å². The number of thioether (sulfide) groups is 1. The van der Waals surface area contributed by atoms with Crippen LogP contribution in [-0.4, -0.2) is 47.0 Å². The summed E-state index contributed by atoms with van der Waals surface area (Å²) in [6.07, 6.45) is 0. The first kappa shape index (κ1) is 27.6. The molecule has 0 saturated heterocycles. The van der Waals surface area contributed by atoms with Gasteiger partial charge in [-0.05, 0) is 72.9 Å². The van der Waals surface area contributed by atoms with Crippen LogP contribution in [0.2, 0.25) is 0 Å². The van der Waals surface area contributed by atoms with Gasteiger partial charge in [-0.2, -0.15) is 0 Å². The number of amides is 1. The maximum absolute atomic E-state index is 13.8. The Morgan fingerprint density at radius 1 is 1.07 bits per heavy atom. The van der Waals surface area contributed by atoms with Gasteiger partial charge in [-0.15, -0.1) is 0 Å². The number of rotatable bonds is 8. The van der Waals surface area contributed by atoms with Crippen LogP contribution in [-0.2, 0) is 4.79 Å². The van der Waals surface area contributed by atoms with Crippen molar-refractivity contribution in [1.82, 2.24) is 14.1 Å². The fourth-order valence-electron chi connectivity index (χ4n) is 4.00. The zero-order valence-electron chi connectivity index (χ0n) is 21.8. The molecule has 0 bridgehead atoms. The molecule has 2 heterocycles. The SMILES string of the molecule is COc1cccc(-n2c(=S)sc3c(=O)n(-c4ccc(F)cc4)c(SCC(=O)Nc4ccc(N(C)C)cc4)nc32)c1. The first-order valence-corrected chi connectivity index (χ1v) is 14.2. The third-order valence-electron chi connectivity index (χ3n) is 5.97. The summed E-state index contributed by atoms with van der Waals surface area (Å²) in [6.45, 7) is 0. The number of aromatic nitrogens is 3. The standard InChI is InChI=1S/C28H24FN5O3S3/c1-32(2)19-13-9-18(10-14-19)30-23(35)16-39-27-31-25-24(26(36)34(27)20-11-7-17(29)8-12-20)40-28(38)33(25)21-5-4-6-22(15-21)37-3/h4-15H,16H2,1-3H3,(H,30,35). The van der Waals surface area contributed by atoms with Crippen molar-refractivity contribution in [3.8, 4) is 17.1 Å². The van der Waals surface area contributed by atoms with Crippen LogP contribution in [0.5, 0.6) is 5.75 Å². The zero-order chi connectivity index (χ0) is 28.4. The maximum Gasteiger partial charge on any atom is 0.278 e. The molecule has 12 heteroatoms. The van der Waals surface area contributed by atoms with Crippen LogP contribution >= 0.6 is 35.3 Å². The predicted molar refractivity (Wildman–Crippen MR) is 162 cm³/mol. The minimum Gasteiger partial charge on any atom is -0.497 e. The van der Waals surface area contributed by atoms with E-state index in [1.807, 2.05) is 61.5 Å². The van der Waals surface area contributed by atoms with Gasteiger partial charge in [0.05, 0.1) is 24.2 Å². The fraction of sp³-hybridized carbons (Fsp3) is 0.143. The summed E-state index contributed by atoms with van der Waals surface area (Å²) in [6, 6.07) is 20.3. The molecule has 2 aromatic heterocycles. The number of carbonyl (C=O) groups excluding carboxylic acids is 1. The molecule has 8 nitrogen and oxygen atoms in total. The van der Waals surface area contributed by atoms with E-state index in [0.29, 0.717) is 37.1 Å². The first-order chi connectivity index (χ1) is 19.2. The molecule has 0 unspecified atom stereocenters. The first-order valence-electron chi connectivity index (χ1n) is 12.0. The van der Waals surface area contributed by atoms with Gasteiger partial charge in [-0.3, -0.25) is 18.7 Å². The molecule has 3 aromatic carbocycles. The third-order valence-corrected chi connectivity index (χ3v) is 8.26. The highest BCUT2D eigenvalue weighted by Crippen LogP contribution is 2.29. The van der Waals surface area contributed by atoms with Crippen molar-refractivity contribution in [3.63, 3.8) is 0 Å². The van der Waals surface area contributed by atoms with Crippen LogP contribution in [0.1, 0.15) is 0 Å². The molecule has 40 heavy (non-hydrogen) atoms. The Morgan fingerprint density at radius 2 is 1.80 bits per heavy atom. The molecule has 1 N–H and O–H groups in total. The lowest BCUT2D eigenvalue weighted by molar-refractivity contribution is -0.113. The summed E-state index contributed by atoms with van der Waals surface area (Å²) in [5.41, 5.74) is 2.78. The van der Waals surface area contributed by atoms with Crippen LogP contribution in [0.4, 0.5) is 15.8 Å². The van der Waals surface area contributed by atoms with Gasteiger partial charge < -0.3 is 15.0 Å². The van der Waals surface area contributed by atoms with Crippen molar-refractivity contribution in [2.75, 3.05) is 37.2 Å². The molecular formula is C28H24FN5O3S3. The quantitative estimate of drug-likeness (QED) is 0.136. The molecule has 0 fully saturated rings. The van der Waals surface area contributed by atoms with Crippen molar-refractivity contribution >= 4 is 62.9 Å². The molecule has 5 aromatic rings. The molecular weight excluding hydrogens is 570 g/mol. The molecule has 204 valence electrons. The number of anilines is 2. The van der Waals surface area contributed by atoms with Gasteiger partial charge in [0.1, 0.15) is 16.3 Å². The predicted octanol–water partition coefficient (Wildman–Crippen LogP) is 5.91. The second-order valence-electron chi connectivity index (χ2n) is 8.85. The normalized spacial score (nSPS) is 11.0. The molecule has 0 atom stereocenters. The Kier molecular flexibility index (Phi) is 8.01. The number of hydrogen-bond donors (Lipinski definition) is 1. The number of methoxy groups -OCH3 is 1. The third kappa shape index (κ3) is 5.64. The molecule has 0 spiro atoms. The van der Waals surface area contributed by atoms with Gasteiger partial charge in [-0.1, -0.05) is 29.2 Å². The smallest absolute Gasteiger partial charge is 0.278 e. The summed E-state index contributed by atoms with van der Waals surface area (Å²) >= 11 is 7.87. The average Bonchev–Trinajstić information content (AvgIpc) is 3.29. The van der Waals surface area contributed by atoms with Crippen molar-refractivity contribution in [2.24, 2.45) is 0 Å². The number of benzene rings is 3. The highest BCUT2D eigenvalue weighted by atomic mass is 32.2. The van der Waals surface area contributed by atoms with Crippen molar-refractivity contribution in [1.29, 1.82) is 0 Å². The summed E-state index contributed by atoms with van der Waals surface area (Å²) in [7, 11) is 5.45. The number of thiazole rings is 1. The lowest BCUT2D eigenvalue weighted by Gasteiger charge is -2.14. The van der Waals surface area contributed by atoms with E-state index >= 15 is 0 Å². The minimum absolute atomic E-state index is 0.0153. The van der Waals surface area contributed by atoms with E-state index in [9.17, 15) is 14.0 Å². The Labute approximate surface area is 242 Å². The molecule has 0 aliphatic heterocycles. The number of fused-ring (bicyclic) bond motifs is 1. The summed E-state index contributed by atoms with van der Waals surface area (Å²) in [5, 5.41) is 3.14. The molecule has 0 aliphatic rings. The Morgan fingerprint density at radius 3 is 2.48 bits per heavy atom. The Hall–Kier alpha value is -4.00. The van der Waals surface area contributed by atoms with E-state index in [1.165, 1.54) is 28.8 Å². The van der Waals surface area contributed by atoms with E-state index in [0.717, 1.165) is 28.8 Å². The summed E-state index contributed by atoms with van der Waals surface area (Å²) in [5.74, 6) is -0.0844. The number of halogens is 1. The van der Waals surface area contributed by atoms with E-state index in [-0.39, 0.29) is 22.4 Å². The highest BCUT2D eigenvalue weighted by molar-refractivity contribution is 7.99. The van der Waals surface area contributed by atoms with E-state index < -0.39 is 5.82 Å². The van der Waals surface area contributed by atoms with Gasteiger partial charge in [-0.25, -0.2) is 9.37 Å². The van der Waals surface area contributed by atoms with Gasteiger partial charge >= 0.3 is 0 Å². The van der Waals surface area contributed by atoms with Gasteiger partial charge in [0, 0.05) is 31.5 Å². The number of hydrogen-bond acceptors (Lipinski definition) is 8. The lowest BCUT2D eigenvalue weighted by atomic mass is 10.2. The molecule has 0 radical (unpaired) electrons. The molecule has 5 rings (SSSR count). The average molecular weight is 594 g/mol. The molecule has 0 aliphatic carbocycles. The van der Waals surface area contributed by atoms with Crippen LogP contribution in [0.15, 0.2) is 82.7 Å². The fourth-order valence-corrected chi connectivity index (χ4v) is 6.10. The Balaban J connectivity index is 1.55. The maximum atomic E-state index is 13.8. The molecule has 0 saturated carbocycles. The second kappa shape index (κ2) is 11.6.